The van der Waals surface area contributed by atoms with Crippen molar-refractivity contribution in [1.82, 2.24) is 0 Å². The summed E-state index contributed by atoms with van der Waals surface area (Å²) in [5.41, 5.74) is 2.97. The van der Waals surface area contributed by atoms with E-state index in [2.05, 4.69) is 0 Å². The van der Waals surface area contributed by atoms with Crippen LogP contribution in [0.4, 0.5) is 0 Å². The number of ketones is 1. The van der Waals surface area contributed by atoms with Crippen LogP contribution in [0.5, 0.6) is 11.5 Å². The summed E-state index contributed by atoms with van der Waals surface area (Å²) in [6.45, 7) is 3.54. The number of benzene rings is 3. The topological polar surface area (TPSA) is 75.7 Å². The summed E-state index contributed by atoms with van der Waals surface area (Å²) in [6, 6.07) is 21.0. The van der Waals surface area contributed by atoms with Gasteiger partial charge in [0.1, 0.15) is 11.5 Å². The van der Waals surface area contributed by atoms with Gasteiger partial charge in [-0.15, -0.1) is 0 Å². The number of hydrogen-bond acceptors (Lipinski definition) is 5. The molecule has 0 aliphatic carbocycles. The fraction of sp³-hybridized carbons (Fsp3) is 0.174. The average Bonchev–Trinajstić information content (AvgIpc) is 2.70. The first-order chi connectivity index (χ1) is 13.8. The number of Topliss-reactive ketones (excluding diaryl/α,β-unsaturated/α-hetero) is 1. The van der Waals surface area contributed by atoms with E-state index in [1.54, 1.807) is 56.3 Å². The molecule has 0 aliphatic heterocycles. The van der Waals surface area contributed by atoms with Crippen molar-refractivity contribution in [3.63, 3.8) is 0 Å². The van der Waals surface area contributed by atoms with Gasteiger partial charge in [-0.1, -0.05) is 60.7 Å². The van der Waals surface area contributed by atoms with Gasteiger partial charge in [-0.2, -0.15) is 0 Å². The standard InChI is InChI=1S/C23H23O5P.Na/c1-17-15-19(13-14-22(24)20-9-5-3-6-10-20)16-18(2)23(17)28-29(25,26)27-21-11-7-4-8-12-21;/h3-12,15-16H,13-14H2,1-2H3,(H,25,26);/q;+1/p-1. The molecule has 0 amide bonds. The molecule has 3 aromatic rings. The first kappa shape index (κ1) is 24.4. The normalized spacial score (nSPS) is 12.4. The molecule has 0 saturated carbocycles. The van der Waals surface area contributed by atoms with Crippen LogP contribution in [0.25, 0.3) is 0 Å². The summed E-state index contributed by atoms with van der Waals surface area (Å²) in [5, 5.41) is 0. The van der Waals surface area contributed by atoms with Gasteiger partial charge in [0.2, 0.25) is 0 Å². The molecule has 30 heavy (non-hydrogen) atoms. The number of phosphoric acid groups is 1. The summed E-state index contributed by atoms with van der Waals surface area (Å²) in [4.78, 5) is 24.6. The number of carbonyl (C=O) groups is 1. The van der Waals surface area contributed by atoms with Crippen molar-refractivity contribution in [3.05, 3.63) is 95.1 Å². The smallest absolute Gasteiger partial charge is 0.736 e. The van der Waals surface area contributed by atoms with Gasteiger partial charge >= 0.3 is 37.4 Å². The number of para-hydroxylation sites is 1. The molecule has 7 heteroatoms. The number of phosphoric ester groups is 1. The van der Waals surface area contributed by atoms with E-state index in [1.807, 2.05) is 30.3 Å². The quantitative estimate of drug-likeness (QED) is 0.309. The largest absolute Gasteiger partial charge is 1.00 e. The number of hydrogen-bond donors (Lipinski definition) is 0. The molecule has 0 bridgehead atoms. The molecule has 0 N–H and O–H groups in total. The Morgan fingerprint density at radius 2 is 1.43 bits per heavy atom. The van der Waals surface area contributed by atoms with Gasteiger partial charge in [0.25, 0.3) is 0 Å². The molecule has 0 aromatic heterocycles. The van der Waals surface area contributed by atoms with Gasteiger partial charge < -0.3 is 13.9 Å². The van der Waals surface area contributed by atoms with Crippen LogP contribution in [-0.2, 0) is 11.0 Å². The Morgan fingerprint density at radius 1 is 0.900 bits per heavy atom. The Morgan fingerprint density at radius 3 is 2.00 bits per heavy atom. The maximum Gasteiger partial charge on any atom is 1.00 e. The third kappa shape index (κ3) is 6.83. The van der Waals surface area contributed by atoms with Gasteiger partial charge in [0.15, 0.2) is 5.78 Å². The predicted octanol–water partition coefficient (Wildman–Crippen LogP) is 2.05. The van der Waals surface area contributed by atoms with Gasteiger partial charge in [0, 0.05) is 12.0 Å². The molecule has 0 fully saturated rings. The Hall–Kier alpha value is -1.88. The molecule has 3 aromatic carbocycles. The summed E-state index contributed by atoms with van der Waals surface area (Å²) < 4.78 is 22.5. The van der Waals surface area contributed by atoms with Crippen molar-refractivity contribution in [3.8, 4) is 11.5 Å². The van der Waals surface area contributed by atoms with E-state index in [9.17, 15) is 14.3 Å². The number of aryl methyl sites for hydroxylation is 3. The van der Waals surface area contributed by atoms with Crippen molar-refractivity contribution >= 4 is 13.6 Å². The third-order valence-corrected chi connectivity index (χ3v) is 5.26. The zero-order chi connectivity index (χ0) is 20.9. The first-order valence-corrected chi connectivity index (χ1v) is 10.7. The van der Waals surface area contributed by atoms with Crippen LogP contribution >= 0.6 is 7.82 Å². The van der Waals surface area contributed by atoms with Crippen molar-refractivity contribution in [1.29, 1.82) is 0 Å². The molecule has 0 spiro atoms. The number of rotatable bonds is 8. The summed E-state index contributed by atoms with van der Waals surface area (Å²) >= 11 is 0. The summed E-state index contributed by atoms with van der Waals surface area (Å²) in [6.07, 6.45) is 0.936. The fourth-order valence-corrected chi connectivity index (χ4v) is 4.02. The van der Waals surface area contributed by atoms with E-state index in [-0.39, 0.29) is 46.8 Å². The Balaban J connectivity index is 0.00000320. The number of carbonyl (C=O) groups excluding carboxylic acids is 1. The zero-order valence-corrected chi connectivity index (χ0v) is 20.2. The molecule has 0 radical (unpaired) electrons. The minimum atomic E-state index is -4.58. The predicted molar refractivity (Wildman–Crippen MR) is 110 cm³/mol. The molecule has 0 saturated heterocycles. The van der Waals surface area contributed by atoms with Crippen LogP contribution in [0.1, 0.15) is 33.5 Å². The molecule has 3 rings (SSSR count). The summed E-state index contributed by atoms with van der Waals surface area (Å²) in [5.74, 6) is 0.510. The summed E-state index contributed by atoms with van der Waals surface area (Å²) in [7, 11) is -4.58. The SMILES string of the molecule is Cc1cc(CCC(=O)c2ccccc2)cc(C)c1OP(=O)([O-])Oc1ccccc1.[Na+]. The third-order valence-electron chi connectivity index (χ3n) is 4.42. The van der Waals surface area contributed by atoms with E-state index in [1.165, 1.54) is 0 Å². The van der Waals surface area contributed by atoms with E-state index < -0.39 is 7.82 Å². The first-order valence-electron chi connectivity index (χ1n) is 9.28. The zero-order valence-electron chi connectivity index (χ0n) is 17.3. The van der Waals surface area contributed by atoms with Crippen LogP contribution in [0.15, 0.2) is 72.8 Å². The van der Waals surface area contributed by atoms with E-state index in [0.717, 1.165) is 5.56 Å². The Bertz CT molecular complexity index is 1010. The van der Waals surface area contributed by atoms with Crippen LogP contribution < -0.4 is 43.5 Å². The molecule has 0 aliphatic rings. The molecule has 5 nitrogen and oxygen atoms in total. The van der Waals surface area contributed by atoms with Gasteiger partial charge in [-0.25, -0.2) is 4.57 Å². The van der Waals surface area contributed by atoms with Crippen molar-refractivity contribution in [2.75, 3.05) is 0 Å². The minimum Gasteiger partial charge on any atom is -0.736 e. The van der Waals surface area contributed by atoms with Crippen molar-refractivity contribution in [2.24, 2.45) is 0 Å². The molecular weight excluding hydrogens is 410 g/mol. The second-order valence-corrected chi connectivity index (χ2v) is 8.05. The van der Waals surface area contributed by atoms with Crippen LogP contribution in [0.3, 0.4) is 0 Å². The molecule has 1 unspecified atom stereocenters. The van der Waals surface area contributed by atoms with Gasteiger partial charge in [0.05, 0.1) is 0 Å². The van der Waals surface area contributed by atoms with E-state index in [0.29, 0.717) is 29.5 Å². The second kappa shape index (κ2) is 10.9. The fourth-order valence-electron chi connectivity index (χ4n) is 3.10. The molecule has 1 atom stereocenters. The van der Waals surface area contributed by atoms with E-state index in [4.69, 9.17) is 9.05 Å². The molecule has 0 heterocycles. The van der Waals surface area contributed by atoms with Crippen LogP contribution in [0.2, 0.25) is 0 Å². The van der Waals surface area contributed by atoms with Crippen LogP contribution in [0, 0.1) is 13.8 Å². The van der Waals surface area contributed by atoms with Crippen molar-refractivity contribution in [2.45, 2.75) is 26.7 Å². The van der Waals surface area contributed by atoms with Gasteiger partial charge in [-0.3, -0.25) is 4.79 Å². The molecular formula is C23H22NaO5P. The van der Waals surface area contributed by atoms with E-state index >= 15 is 0 Å². The Kier molecular flexibility index (Phi) is 8.90. The monoisotopic (exact) mass is 432 g/mol. The van der Waals surface area contributed by atoms with Gasteiger partial charge in [-0.05, 0) is 49.1 Å². The Labute approximate surface area is 199 Å². The van der Waals surface area contributed by atoms with Crippen molar-refractivity contribution < 1.29 is 52.9 Å². The molecule has 150 valence electrons. The second-order valence-electron chi connectivity index (χ2n) is 6.79. The minimum absolute atomic E-state index is 0. The average molecular weight is 432 g/mol. The maximum absolute atomic E-state index is 12.3. The van der Waals surface area contributed by atoms with Crippen LogP contribution in [-0.4, -0.2) is 5.78 Å². The maximum atomic E-state index is 12.3.